The van der Waals surface area contributed by atoms with Gasteiger partial charge in [-0.1, -0.05) is 35.8 Å². The molecule has 1 aromatic rings. The first-order valence-corrected chi connectivity index (χ1v) is 8.14. The van der Waals surface area contributed by atoms with Crippen LogP contribution in [0.5, 0.6) is 0 Å². The molecule has 114 valence electrons. The maximum Gasteiger partial charge on any atom is 0.244 e. The Morgan fingerprint density at radius 3 is 2.43 bits per heavy atom. The van der Waals surface area contributed by atoms with Gasteiger partial charge < -0.3 is 5.11 Å². The molecular formula is C16H21NO3S. The third-order valence-electron chi connectivity index (χ3n) is 2.97. The zero-order chi connectivity index (χ0) is 15.9. The summed E-state index contributed by atoms with van der Waals surface area (Å²) in [6.07, 6.45) is 3.14. The molecule has 0 aliphatic carbocycles. The highest BCUT2D eigenvalue weighted by Gasteiger charge is 2.27. The summed E-state index contributed by atoms with van der Waals surface area (Å²) in [5.41, 5.74) is 1.00. The van der Waals surface area contributed by atoms with Crippen LogP contribution in [-0.4, -0.2) is 37.0 Å². The Balaban J connectivity index is 3.17. The van der Waals surface area contributed by atoms with Crippen LogP contribution in [0.2, 0.25) is 0 Å². The number of nitrogens with zero attached hydrogens (tertiary/aromatic N) is 1. The highest BCUT2D eigenvalue weighted by atomic mass is 32.2. The van der Waals surface area contributed by atoms with Gasteiger partial charge >= 0.3 is 0 Å². The van der Waals surface area contributed by atoms with Crippen LogP contribution in [0.15, 0.2) is 41.3 Å². The molecule has 1 atom stereocenters. The molecule has 21 heavy (non-hydrogen) atoms. The lowest BCUT2D eigenvalue weighted by Gasteiger charge is -2.24. The maximum absolute atomic E-state index is 12.7. The van der Waals surface area contributed by atoms with Crippen LogP contribution in [-0.2, 0) is 10.0 Å². The lowest BCUT2D eigenvalue weighted by Crippen LogP contribution is -2.38. The zero-order valence-electron chi connectivity index (χ0n) is 12.6. The van der Waals surface area contributed by atoms with Gasteiger partial charge in [0.2, 0.25) is 10.0 Å². The quantitative estimate of drug-likeness (QED) is 0.645. The molecule has 0 saturated carbocycles. The van der Waals surface area contributed by atoms with Crippen molar-refractivity contribution >= 4 is 10.0 Å². The molecule has 0 spiro atoms. The van der Waals surface area contributed by atoms with Crippen LogP contribution in [0.3, 0.4) is 0 Å². The van der Waals surface area contributed by atoms with E-state index in [9.17, 15) is 8.42 Å². The van der Waals surface area contributed by atoms with Crippen molar-refractivity contribution in [1.29, 1.82) is 0 Å². The van der Waals surface area contributed by atoms with Crippen molar-refractivity contribution in [1.82, 2.24) is 4.31 Å². The van der Waals surface area contributed by atoms with E-state index < -0.39 is 16.1 Å². The fourth-order valence-electron chi connectivity index (χ4n) is 1.84. The number of hydrogen-bond donors (Lipinski definition) is 1. The van der Waals surface area contributed by atoms with E-state index >= 15 is 0 Å². The zero-order valence-corrected chi connectivity index (χ0v) is 13.4. The van der Waals surface area contributed by atoms with Gasteiger partial charge in [-0.25, -0.2) is 8.42 Å². The summed E-state index contributed by atoms with van der Waals surface area (Å²) in [5, 5.41) is 8.79. The van der Waals surface area contributed by atoms with E-state index in [1.165, 1.54) is 10.4 Å². The summed E-state index contributed by atoms with van der Waals surface area (Å²) in [4.78, 5) is 0.246. The average Bonchev–Trinajstić information content (AvgIpc) is 2.44. The monoisotopic (exact) mass is 307 g/mol. The van der Waals surface area contributed by atoms with Gasteiger partial charge in [0.1, 0.15) is 0 Å². The first kappa shape index (κ1) is 17.4. The molecule has 4 nitrogen and oxygen atoms in total. The lowest BCUT2D eigenvalue weighted by molar-refractivity contribution is 0.341. The number of benzene rings is 1. The van der Waals surface area contributed by atoms with Crippen molar-refractivity contribution in [2.75, 3.05) is 13.2 Å². The number of aliphatic hydroxyl groups excluding tert-OH is 1. The van der Waals surface area contributed by atoms with Crippen molar-refractivity contribution in [2.24, 2.45) is 0 Å². The van der Waals surface area contributed by atoms with E-state index in [1.807, 2.05) is 6.92 Å². The van der Waals surface area contributed by atoms with Gasteiger partial charge in [-0.3, -0.25) is 0 Å². The summed E-state index contributed by atoms with van der Waals surface area (Å²) in [5.74, 6) is 5.60. The van der Waals surface area contributed by atoms with Crippen molar-refractivity contribution < 1.29 is 13.5 Å². The van der Waals surface area contributed by atoms with E-state index in [-0.39, 0.29) is 18.0 Å². The topological polar surface area (TPSA) is 57.6 Å². The smallest absolute Gasteiger partial charge is 0.244 e. The lowest BCUT2D eigenvalue weighted by atomic mass is 10.2. The molecule has 0 fully saturated rings. The minimum atomic E-state index is -3.62. The number of hydrogen-bond acceptors (Lipinski definition) is 3. The molecule has 0 aliphatic heterocycles. The molecule has 1 aromatic carbocycles. The Kier molecular flexibility index (Phi) is 6.63. The second kappa shape index (κ2) is 7.99. The number of sulfonamides is 1. The Bertz CT molecular complexity index is 636. The van der Waals surface area contributed by atoms with Crippen LogP contribution in [0.25, 0.3) is 0 Å². The summed E-state index contributed by atoms with van der Waals surface area (Å²) < 4.78 is 26.8. The minimum Gasteiger partial charge on any atom is -0.392 e. The third-order valence-corrected chi connectivity index (χ3v) is 4.92. The first-order chi connectivity index (χ1) is 9.93. The normalized spacial score (nSPS) is 13.2. The molecule has 0 radical (unpaired) electrons. The maximum atomic E-state index is 12.7. The molecule has 0 heterocycles. The van der Waals surface area contributed by atoms with Gasteiger partial charge in [-0.2, -0.15) is 4.31 Å². The molecule has 0 saturated heterocycles. The molecule has 0 amide bonds. The number of rotatable bonds is 6. The summed E-state index contributed by atoms with van der Waals surface area (Å²) in [6.45, 7) is 5.38. The van der Waals surface area contributed by atoms with Gasteiger partial charge in [0, 0.05) is 6.54 Å². The standard InChI is InChI=1S/C16H21NO3S/c1-4-7-15(3)17(12-5-6-13-18)21(19,20)16-10-8-14(2)9-11-16/h5-6,8-11,15,18H,12-13H2,1-3H3/b6-5-. The van der Waals surface area contributed by atoms with Crippen molar-refractivity contribution in [2.45, 2.75) is 31.7 Å². The van der Waals surface area contributed by atoms with Gasteiger partial charge in [-0.05, 0) is 32.9 Å². The molecule has 0 aromatic heterocycles. The fourth-order valence-corrected chi connectivity index (χ4v) is 3.35. The second-order valence-electron chi connectivity index (χ2n) is 4.61. The SMILES string of the molecule is CC#CC(C)N(C/C=C\CO)S(=O)(=O)c1ccc(C)cc1. The Morgan fingerprint density at radius 2 is 1.90 bits per heavy atom. The number of aryl methyl sites for hydroxylation is 1. The molecule has 1 rings (SSSR count). The minimum absolute atomic E-state index is 0.119. The van der Waals surface area contributed by atoms with Crippen LogP contribution in [0.1, 0.15) is 19.4 Å². The third kappa shape index (κ3) is 4.71. The molecule has 5 heteroatoms. The van der Waals surface area contributed by atoms with Crippen LogP contribution in [0.4, 0.5) is 0 Å². The first-order valence-electron chi connectivity index (χ1n) is 6.70. The highest BCUT2D eigenvalue weighted by molar-refractivity contribution is 7.89. The largest absolute Gasteiger partial charge is 0.392 e. The average molecular weight is 307 g/mol. The van der Waals surface area contributed by atoms with E-state index in [0.29, 0.717) is 0 Å². The van der Waals surface area contributed by atoms with Gasteiger partial charge in [0.05, 0.1) is 17.5 Å². The predicted molar refractivity (Wildman–Crippen MR) is 84.2 cm³/mol. The van der Waals surface area contributed by atoms with Crippen LogP contribution >= 0.6 is 0 Å². The predicted octanol–water partition coefficient (Wildman–Crippen LogP) is 1.95. The molecule has 1 N–H and O–H groups in total. The van der Waals surface area contributed by atoms with Gasteiger partial charge in [0.15, 0.2) is 0 Å². The highest BCUT2D eigenvalue weighted by Crippen LogP contribution is 2.18. The van der Waals surface area contributed by atoms with Crippen molar-refractivity contribution in [3.8, 4) is 11.8 Å². The Morgan fingerprint density at radius 1 is 1.29 bits per heavy atom. The molecule has 1 unspecified atom stereocenters. The summed E-state index contributed by atoms with van der Waals surface area (Å²) in [7, 11) is -3.62. The summed E-state index contributed by atoms with van der Waals surface area (Å²) in [6, 6.07) is 6.29. The van der Waals surface area contributed by atoms with Crippen molar-refractivity contribution in [3.05, 3.63) is 42.0 Å². The molecular weight excluding hydrogens is 286 g/mol. The number of aliphatic hydroxyl groups is 1. The molecule has 0 aliphatic rings. The fraction of sp³-hybridized carbons (Fsp3) is 0.375. The van der Waals surface area contributed by atoms with Gasteiger partial charge in [0.25, 0.3) is 0 Å². The Hall–Kier alpha value is -1.61. The van der Waals surface area contributed by atoms with E-state index in [0.717, 1.165) is 5.56 Å². The van der Waals surface area contributed by atoms with E-state index in [2.05, 4.69) is 11.8 Å². The van der Waals surface area contributed by atoms with E-state index in [4.69, 9.17) is 5.11 Å². The van der Waals surface area contributed by atoms with Crippen molar-refractivity contribution in [3.63, 3.8) is 0 Å². The second-order valence-corrected chi connectivity index (χ2v) is 6.50. The van der Waals surface area contributed by atoms with Gasteiger partial charge in [-0.15, -0.1) is 5.92 Å². The Labute approximate surface area is 127 Å². The van der Waals surface area contributed by atoms with Crippen LogP contribution < -0.4 is 0 Å². The van der Waals surface area contributed by atoms with Crippen LogP contribution in [0, 0.1) is 18.8 Å². The van der Waals surface area contributed by atoms with E-state index in [1.54, 1.807) is 44.2 Å². The molecule has 0 bridgehead atoms. The summed E-state index contributed by atoms with van der Waals surface area (Å²) >= 11 is 0.